The van der Waals surface area contributed by atoms with Crippen molar-refractivity contribution >= 4 is 0 Å². The summed E-state index contributed by atoms with van der Waals surface area (Å²) in [5, 5.41) is 0. The minimum Gasteiger partial charge on any atom is -0.381 e. The number of ether oxygens (including phenoxy) is 2. The Kier molecular flexibility index (Phi) is 22.5. The summed E-state index contributed by atoms with van der Waals surface area (Å²) >= 11 is 0. The molecule has 0 aliphatic carbocycles. The van der Waals surface area contributed by atoms with Crippen molar-refractivity contribution in [2.75, 3.05) is 81.8 Å². The molecule has 4 nitrogen and oxygen atoms in total. The summed E-state index contributed by atoms with van der Waals surface area (Å²) < 4.78 is 14.4. The molecule has 0 radical (unpaired) electrons. The van der Waals surface area contributed by atoms with E-state index in [4.69, 9.17) is 9.47 Å². The van der Waals surface area contributed by atoms with Gasteiger partial charge in [-0.25, -0.2) is 0 Å². The molecule has 0 heterocycles. The van der Waals surface area contributed by atoms with E-state index in [1.165, 1.54) is 129 Å². The normalized spacial score (nSPS) is 13.0. The molecule has 0 aromatic heterocycles. The lowest BCUT2D eigenvalue weighted by Crippen LogP contribution is -2.43. The zero-order valence-corrected chi connectivity index (χ0v) is 27.2. The summed E-state index contributed by atoms with van der Waals surface area (Å²) in [7, 11) is 14.0. The van der Waals surface area contributed by atoms with Gasteiger partial charge in [-0.05, 0) is 25.7 Å². The van der Waals surface area contributed by atoms with Crippen LogP contribution in [0, 0.1) is 5.41 Å². The molecular weight excluding hydrogens is 456 g/mol. The highest BCUT2D eigenvalue weighted by molar-refractivity contribution is 4.80. The van der Waals surface area contributed by atoms with Gasteiger partial charge >= 0.3 is 0 Å². The van der Waals surface area contributed by atoms with Crippen LogP contribution in [0.3, 0.4) is 0 Å². The van der Waals surface area contributed by atoms with Crippen molar-refractivity contribution in [1.29, 1.82) is 0 Å². The number of hydrogen-bond acceptors (Lipinski definition) is 2. The van der Waals surface area contributed by atoms with E-state index < -0.39 is 0 Å². The first-order valence-corrected chi connectivity index (χ1v) is 16.3. The molecule has 0 spiro atoms. The van der Waals surface area contributed by atoms with Crippen molar-refractivity contribution < 1.29 is 18.4 Å². The van der Waals surface area contributed by atoms with E-state index in [1.54, 1.807) is 0 Å². The third-order valence-corrected chi connectivity index (χ3v) is 7.81. The van der Waals surface area contributed by atoms with E-state index in [0.29, 0.717) is 5.41 Å². The van der Waals surface area contributed by atoms with Gasteiger partial charge in [0.2, 0.25) is 0 Å². The number of rotatable bonds is 28. The third kappa shape index (κ3) is 25.9. The highest BCUT2D eigenvalue weighted by atomic mass is 16.5. The molecular formula is C33H72N2O2+2. The largest absolute Gasteiger partial charge is 0.381 e. The fraction of sp³-hybridized carbons (Fsp3) is 1.00. The minimum atomic E-state index is 0.313. The van der Waals surface area contributed by atoms with Crippen LogP contribution in [0.15, 0.2) is 0 Å². The quantitative estimate of drug-likeness (QED) is 0.0749. The van der Waals surface area contributed by atoms with Crippen molar-refractivity contribution in [3.05, 3.63) is 0 Å². The van der Waals surface area contributed by atoms with Crippen LogP contribution in [-0.2, 0) is 9.47 Å². The molecule has 0 saturated heterocycles. The van der Waals surface area contributed by atoms with Crippen LogP contribution in [0.1, 0.15) is 129 Å². The molecule has 0 amide bonds. The number of nitrogens with zero attached hydrogens (tertiary/aromatic N) is 2. The van der Waals surface area contributed by atoms with Crippen LogP contribution >= 0.6 is 0 Å². The van der Waals surface area contributed by atoms with Crippen LogP contribution in [0.2, 0.25) is 0 Å². The zero-order chi connectivity index (χ0) is 27.9. The van der Waals surface area contributed by atoms with Gasteiger partial charge < -0.3 is 18.4 Å². The molecule has 0 aromatic carbocycles. The molecule has 0 fully saturated rings. The molecule has 0 atom stereocenters. The zero-order valence-electron chi connectivity index (χ0n) is 27.2. The number of hydrogen-bond donors (Lipinski definition) is 0. The Balaban J connectivity index is 4.66. The summed E-state index contributed by atoms with van der Waals surface area (Å²) in [6.07, 6.45) is 23.7. The lowest BCUT2D eigenvalue weighted by Gasteiger charge is -2.38. The summed E-state index contributed by atoms with van der Waals surface area (Å²) in [6, 6.07) is 0. The van der Waals surface area contributed by atoms with Gasteiger partial charge in [0.05, 0.1) is 62.0 Å². The van der Waals surface area contributed by atoms with Crippen LogP contribution in [-0.4, -0.2) is 90.8 Å². The highest BCUT2D eigenvalue weighted by Gasteiger charge is 2.34. The van der Waals surface area contributed by atoms with Crippen molar-refractivity contribution in [2.24, 2.45) is 5.41 Å². The first-order valence-electron chi connectivity index (χ1n) is 16.3. The predicted octanol–water partition coefficient (Wildman–Crippen LogP) is 8.48. The second-order valence-corrected chi connectivity index (χ2v) is 14.0. The van der Waals surface area contributed by atoms with Gasteiger partial charge in [0.25, 0.3) is 0 Å². The number of quaternary nitrogens is 2. The molecule has 0 N–H and O–H groups in total. The van der Waals surface area contributed by atoms with Crippen molar-refractivity contribution in [3.63, 3.8) is 0 Å². The Morgan fingerprint density at radius 2 is 0.811 bits per heavy atom. The Hall–Kier alpha value is -0.160. The fourth-order valence-corrected chi connectivity index (χ4v) is 4.98. The fourth-order valence-electron chi connectivity index (χ4n) is 4.98. The van der Waals surface area contributed by atoms with Crippen LogP contribution in [0.25, 0.3) is 0 Å². The molecule has 0 aliphatic heterocycles. The van der Waals surface area contributed by atoms with E-state index in [0.717, 1.165) is 35.4 Å². The van der Waals surface area contributed by atoms with E-state index in [2.05, 4.69) is 56.1 Å². The lowest BCUT2D eigenvalue weighted by atomic mass is 9.76. The Morgan fingerprint density at radius 3 is 1.30 bits per heavy atom. The molecule has 0 saturated carbocycles. The lowest BCUT2D eigenvalue weighted by molar-refractivity contribution is -0.874. The summed E-state index contributed by atoms with van der Waals surface area (Å²) in [5.74, 6) is 0. The van der Waals surface area contributed by atoms with Crippen molar-refractivity contribution in [3.8, 4) is 0 Å². The smallest absolute Gasteiger partial charge is 0.0786 e. The molecule has 4 heteroatoms. The molecule has 0 rings (SSSR count). The topological polar surface area (TPSA) is 18.5 Å². The summed E-state index contributed by atoms with van der Waals surface area (Å²) in [6.45, 7) is 10.8. The first-order chi connectivity index (χ1) is 17.5. The molecule has 0 aromatic rings. The van der Waals surface area contributed by atoms with Gasteiger partial charge in [-0.2, -0.15) is 0 Å². The highest BCUT2D eigenvalue weighted by Crippen LogP contribution is 2.35. The Bertz CT molecular complexity index is 438. The maximum atomic E-state index is 6.48. The van der Waals surface area contributed by atoms with Crippen molar-refractivity contribution in [1.82, 2.24) is 0 Å². The molecule has 0 unspecified atom stereocenters. The monoisotopic (exact) mass is 529 g/mol. The van der Waals surface area contributed by atoms with Gasteiger partial charge in [0.1, 0.15) is 0 Å². The third-order valence-electron chi connectivity index (χ3n) is 7.81. The second-order valence-electron chi connectivity index (χ2n) is 14.0. The number of unbranched alkanes of at least 4 members (excludes halogenated alkanes) is 12. The predicted molar refractivity (Wildman–Crippen MR) is 164 cm³/mol. The summed E-state index contributed by atoms with van der Waals surface area (Å²) in [4.78, 5) is 0. The van der Waals surface area contributed by atoms with E-state index in [9.17, 15) is 0 Å². The van der Waals surface area contributed by atoms with Gasteiger partial charge in [0, 0.05) is 38.1 Å². The van der Waals surface area contributed by atoms with Gasteiger partial charge in [0.15, 0.2) is 0 Å². The average Bonchev–Trinajstić information content (AvgIpc) is 2.82. The first kappa shape index (κ1) is 36.8. The van der Waals surface area contributed by atoms with Crippen molar-refractivity contribution in [2.45, 2.75) is 129 Å². The van der Waals surface area contributed by atoms with Crippen LogP contribution < -0.4 is 0 Å². The van der Waals surface area contributed by atoms with Gasteiger partial charge in [-0.3, -0.25) is 0 Å². The van der Waals surface area contributed by atoms with E-state index in [1.807, 2.05) is 0 Å². The molecule has 0 aliphatic rings. The average molecular weight is 529 g/mol. The van der Waals surface area contributed by atoms with E-state index in [-0.39, 0.29) is 0 Å². The van der Waals surface area contributed by atoms with E-state index >= 15 is 0 Å². The maximum absolute atomic E-state index is 6.48. The second kappa shape index (κ2) is 22.6. The van der Waals surface area contributed by atoms with Gasteiger partial charge in [-0.1, -0.05) is 90.9 Å². The van der Waals surface area contributed by atoms with Crippen LogP contribution in [0.5, 0.6) is 0 Å². The maximum Gasteiger partial charge on any atom is 0.0786 e. The van der Waals surface area contributed by atoms with Gasteiger partial charge in [-0.15, -0.1) is 0 Å². The van der Waals surface area contributed by atoms with Crippen LogP contribution in [0.4, 0.5) is 0 Å². The standard InChI is InChI=1S/C33H72N2O2/c1-9-11-13-14-15-16-18-23-31-37-32-33(25-27-34(3,4)5,26-28-35(6,7)8)24-20-17-19-22-30-36-29-21-12-10-2/h9-32H2,1-8H3/q+2. The summed E-state index contributed by atoms with van der Waals surface area (Å²) in [5.41, 5.74) is 0.313. The molecule has 37 heavy (non-hydrogen) atoms. The Morgan fingerprint density at radius 1 is 0.432 bits per heavy atom. The Labute approximate surface area is 235 Å². The minimum absolute atomic E-state index is 0.313. The SMILES string of the molecule is CCCCCCCCCCOCC(CCCCCCOCCCCC)(CC[N+](C)(C)C)CC[N+](C)(C)C. The molecule has 224 valence electrons. The molecule has 0 bridgehead atoms.